The summed E-state index contributed by atoms with van der Waals surface area (Å²) >= 11 is 0. The van der Waals surface area contributed by atoms with Gasteiger partial charge in [-0.05, 0) is 45.3 Å². The van der Waals surface area contributed by atoms with E-state index >= 15 is 0 Å². The second-order valence-corrected chi connectivity index (χ2v) is 6.60. The zero-order valence-electron chi connectivity index (χ0n) is 12.8. The van der Waals surface area contributed by atoms with Crippen LogP contribution in [0.3, 0.4) is 0 Å². The Bertz CT molecular complexity index is 473. The predicted octanol–water partition coefficient (Wildman–Crippen LogP) is 1.99. The zero-order chi connectivity index (χ0) is 14.2. The van der Waals surface area contributed by atoms with Gasteiger partial charge >= 0.3 is 0 Å². The number of benzene rings is 1. The third kappa shape index (κ3) is 2.28. The van der Waals surface area contributed by atoms with Crippen molar-refractivity contribution in [3.63, 3.8) is 0 Å². The third-order valence-electron chi connectivity index (χ3n) is 5.43. The molecule has 0 radical (unpaired) electrons. The Balaban J connectivity index is 1.79. The molecular formula is C17H27N3. The maximum atomic E-state index is 6.24. The first-order valence-corrected chi connectivity index (χ1v) is 7.86. The fraction of sp³-hybridized carbons (Fsp3) is 0.647. The molecule has 2 aliphatic rings. The standard InChI is InChI=1S/C17H27N3/c1-14-5-3-6-15(11-14)12-19(2)17(13-18)8-10-20-9-4-7-16(17)20/h3,5-6,11,16H,4,7-10,12-13,18H2,1-2H3. The van der Waals surface area contributed by atoms with E-state index < -0.39 is 0 Å². The Morgan fingerprint density at radius 1 is 1.40 bits per heavy atom. The van der Waals surface area contributed by atoms with Gasteiger partial charge in [0.1, 0.15) is 0 Å². The summed E-state index contributed by atoms with van der Waals surface area (Å²) in [5.41, 5.74) is 9.16. The van der Waals surface area contributed by atoms with E-state index in [9.17, 15) is 0 Å². The van der Waals surface area contributed by atoms with Gasteiger partial charge in [0.05, 0.1) is 0 Å². The van der Waals surface area contributed by atoms with E-state index in [1.807, 2.05) is 0 Å². The number of likely N-dealkylation sites (N-methyl/N-ethyl adjacent to an activating group) is 1. The average molecular weight is 273 g/mol. The number of aryl methyl sites for hydroxylation is 1. The van der Waals surface area contributed by atoms with Crippen molar-refractivity contribution in [3.05, 3.63) is 35.4 Å². The fourth-order valence-corrected chi connectivity index (χ4v) is 4.29. The Morgan fingerprint density at radius 2 is 2.25 bits per heavy atom. The van der Waals surface area contributed by atoms with E-state index in [1.54, 1.807) is 0 Å². The molecular weight excluding hydrogens is 246 g/mol. The molecule has 2 atom stereocenters. The minimum Gasteiger partial charge on any atom is -0.329 e. The molecule has 0 amide bonds. The zero-order valence-corrected chi connectivity index (χ0v) is 12.8. The highest BCUT2D eigenvalue weighted by atomic mass is 15.3. The van der Waals surface area contributed by atoms with Crippen LogP contribution in [-0.2, 0) is 6.54 Å². The molecule has 1 aromatic rings. The Kier molecular flexibility index (Phi) is 3.85. The molecule has 0 aromatic heterocycles. The van der Waals surface area contributed by atoms with E-state index in [0.717, 1.165) is 13.1 Å². The highest BCUT2D eigenvalue weighted by molar-refractivity contribution is 5.23. The Morgan fingerprint density at radius 3 is 3.00 bits per heavy atom. The van der Waals surface area contributed by atoms with Gasteiger partial charge in [-0.1, -0.05) is 29.8 Å². The van der Waals surface area contributed by atoms with Crippen molar-refractivity contribution in [1.29, 1.82) is 0 Å². The molecule has 110 valence electrons. The molecule has 2 N–H and O–H groups in total. The van der Waals surface area contributed by atoms with Crippen LogP contribution in [0.15, 0.2) is 24.3 Å². The summed E-state index contributed by atoms with van der Waals surface area (Å²) in [7, 11) is 2.26. The van der Waals surface area contributed by atoms with Crippen molar-refractivity contribution < 1.29 is 0 Å². The van der Waals surface area contributed by atoms with Crippen molar-refractivity contribution in [3.8, 4) is 0 Å². The first-order chi connectivity index (χ1) is 9.65. The van der Waals surface area contributed by atoms with Crippen molar-refractivity contribution in [2.75, 3.05) is 26.7 Å². The maximum absolute atomic E-state index is 6.24. The topological polar surface area (TPSA) is 32.5 Å². The molecule has 3 heteroatoms. The Hall–Kier alpha value is -0.900. The summed E-state index contributed by atoms with van der Waals surface area (Å²) in [5, 5.41) is 0. The molecule has 2 heterocycles. The first kappa shape index (κ1) is 14.1. The molecule has 20 heavy (non-hydrogen) atoms. The highest BCUT2D eigenvalue weighted by Gasteiger charge is 2.50. The maximum Gasteiger partial charge on any atom is 0.0499 e. The predicted molar refractivity (Wildman–Crippen MR) is 83.6 cm³/mol. The summed E-state index contributed by atoms with van der Waals surface area (Å²) in [4.78, 5) is 5.18. The smallest absolute Gasteiger partial charge is 0.0499 e. The monoisotopic (exact) mass is 273 g/mol. The van der Waals surface area contributed by atoms with Gasteiger partial charge in [0.25, 0.3) is 0 Å². The van der Waals surface area contributed by atoms with Gasteiger partial charge in [0, 0.05) is 31.2 Å². The Labute approximate surface area is 122 Å². The van der Waals surface area contributed by atoms with Gasteiger partial charge in [-0.2, -0.15) is 0 Å². The van der Waals surface area contributed by atoms with Gasteiger partial charge < -0.3 is 5.73 Å². The van der Waals surface area contributed by atoms with Crippen LogP contribution in [0.4, 0.5) is 0 Å². The number of nitrogens with zero attached hydrogens (tertiary/aromatic N) is 2. The quantitative estimate of drug-likeness (QED) is 0.910. The van der Waals surface area contributed by atoms with Gasteiger partial charge in [0.2, 0.25) is 0 Å². The van der Waals surface area contributed by atoms with E-state index in [-0.39, 0.29) is 5.54 Å². The molecule has 0 saturated carbocycles. The molecule has 2 aliphatic heterocycles. The van der Waals surface area contributed by atoms with Crippen LogP contribution in [0.5, 0.6) is 0 Å². The van der Waals surface area contributed by atoms with E-state index in [0.29, 0.717) is 6.04 Å². The molecule has 2 fully saturated rings. The van der Waals surface area contributed by atoms with Crippen LogP contribution < -0.4 is 5.73 Å². The summed E-state index contributed by atoms with van der Waals surface area (Å²) in [6.45, 7) is 6.43. The first-order valence-electron chi connectivity index (χ1n) is 7.86. The normalized spacial score (nSPS) is 30.1. The largest absolute Gasteiger partial charge is 0.329 e. The lowest BCUT2D eigenvalue weighted by molar-refractivity contribution is 0.0841. The molecule has 0 bridgehead atoms. The molecule has 2 saturated heterocycles. The molecule has 0 spiro atoms. The van der Waals surface area contributed by atoms with E-state index in [2.05, 4.69) is 48.0 Å². The second kappa shape index (κ2) is 5.47. The van der Waals surface area contributed by atoms with Crippen LogP contribution >= 0.6 is 0 Å². The minimum absolute atomic E-state index is 0.181. The van der Waals surface area contributed by atoms with E-state index in [4.69, 9.17) is 5.73 Å². The van der Waals surface area contributed by atoms with Crippen molar-refractivity contribution in [2.24, 2.45) is 5.73 Å². The summed E-state index contributed by atoms with van der Waals surface area (Å²) in [5.74, 6) is 0. The number of rotatable bonds is 4. The molecule has 3 nitrogen and oxygen atoms in total. The second-order valence-electron chi connectivity index (χ2n) is 6.60. The molecule has 3 rings (SSSR count). The summed E-state index contributed by atoms with van der Waals surface area (Å²) in [6, 6.07) is 9.51. The third-order valence-corrected chi connectivity index (χ3v) is 5.43. The van der Waals surface area contributed by atoms with Crippen molar-refractivity contribution in [1.82, 2.24) is 9.80 Å². The van der Waals surface area contributed by atoms with Crippen LogP contribution in [-0.4, -0.2) is 48.1 Å². The molecule has 1 aromatic carbocycles. The number of hydrogen-bond donors (Lipinski definition) is 1. The SMILES string of the molecule is Cc1cccc(CN(C)C2(CN)CCN3CCCC32)c1. The lowest BCUT2D eigenvalue weighted by atomic mass is 9.86. The van der Waals surface area contributed by atoms with Crippen molar-refractivity contribution >= 4 is 0 Å². The van der Waals surface area contributed by atoms with Gasteiger partial charge in [-0.15, -0.1) is 0 Å². The summed E-state index contributed by atoms with van der Waals surface area (Å²) < 4.78 is 0. The molecule has 2 unspecified atom stereocenters. The fourth-order valence-electron chi connectivity index (χ4n) is 4.29. The summed E-state index contributed by atoms with van der Waals surface area (Å²) in [6.07, 6.45) is 3.87. The lowest BCUT2D eigenvalue weighted by Gasteiger charge is -2.42. The van der Waals surface area contributed by atoms with Crippen LogP contribution in [0.1, 0.15) is 30.4 Å². The highest BCUT2D eigenvalue weighted by Crippen LogP contribution is 2.39. The number of nitrogens with two attached hydrogens (primary N) is 1. The van der Waals surface area contributed by atoms with Gasteiger partial charge in [-0.3, -0.25) is 9.80 Å². The number of hydrogen-bond acceptors (Lipinski definition) is 3. The number of fused-ring (bicyclic) bond motifs is 1. The van der Waals surface area contributed by atoms with Gasteiger partial charge in [-0.25, -0.2) is 0 Å². The van der Waals surface area contributed by atoms with E-state index in [1.165, 1.54) is 43.5 Å². The van der Waals surface area contributed by atoms with Gasteiger partial charge in [0.15, 0.2) is 0 Å². The van der Waals surface area contributed by atoms with Crippen molar-refractivity contribution in [2.45, 2.75) is 44.3 Å². The minimum atomic E-state index is 0.181. The average Bonchev–Trinajstić information content (AvgIpc) is 3.00. The van der Waals surface area contributed by atoms with Crippen LogP contribution in [0.2, 0.25) is 0 Å². The molecule has 0 aliphatic carbocycles. The van der Waals surface area contributed by atoms with Crippen LogP contribution in [0.25, 0.3) is 0 Å². The van der Waals surface area contributed by atoms with Crippen LogP contribution in [0, 0.1) is 6.92 Å². The lowest BCUT2D eigenvalue weighted by Crippen LogP contribution is -2.58.